The van der Waals surface area contributed by atoms with E-state index in [2.05, 4.69) is 54.8 Å². The molecule has 6 aliphatic rings. The van der Waals surface area contributed by atoms with Crippen LogP contribution < -0.4 is 73.5 Å². The number of unbranched alkanes of at least 4 members (excludes halogenated alkanes) is 8. The first-order chi connectivity index (χ1) is 53.6. The summed E-state index contributed by atoms with van der Waals surface area (Å²) in [4.78, 5) is 122. The number of ether oxygens (including phenoxy) is 3. The molecule has 6 heterocycles. The summed E-state index contributed by atoms with van der Waals surface area (Å²) in [7, 11) is 3.63. The molecule has 20 N–H and O–H groups in total. The van der Waals surface area contributed by atoms with Gasteiger partial charge in [-0.25, -0.2) is 0 Å². The molecule has 0 spiro atoms. The van der Waals surface area contributed by atoms with Crippen molar-refractivity contribution < 1.29 is 88.3 Å². The number of aliphatic hydroxyl groups is 1. The van der Waals surface area contributed by atoms with Crippen molar-refractivity contribution in [3.63, 3.8) is 0 Å². The Bertz CT molecular complexity index is 4720. The van der Waals surface area contributed by atoms with Crippen molar-refractivity contribution in [3.05, 3.63) is 164 Å². The van der Waals surface area contributed by atoms with Gasteiger partial charge in [-0.3, -0.25) is 38.4 Å². The van der Waals surface area contributed by atoms with E-state index in [1.54, 1.807) is 0 Å². The van der Waals surface area contributed by atoms with Gasteiger partial charge < -0.3 is 114 Å². The fraction of sp³-hybridized carbons (Fsp3) is 0.375. The topological polar surface area (TPSA) is 469 Å². The van der Waals surface area contributed by atoms with Gasteiger partial charge in [0, 0.05) is 43.2 Å². The normalized spacial score (nSPS) is 19.9. The Hall–Kier alpha value is -11.1. The van der Waals surface area contributed by atoms with Gasteiger partial charge in [0.25, 0.3) is 0 Å². The van der Waals surface area contributed by atoms with Gasteiger partial charge in [0.05, 0.1) is 21.7 Å². The van der Waals surface area contributed by atoms with E-state index < -0.39 is 142 Å². The molecule has 30 nitrogen and oxygen atoms in total. The highest BCUT2D eigenvalue weighted by molar-refractivity contribution is 6.32. The molecule has 0 aliphatic carbocycles. The third-order valence-corrected chi connectivity index (χ3v) is 20.5. The molecule has 9 atom stereocenters. The SMILES string of the molecule is CCCCCCCCCCNC(=O)C(N)CCCCNCc1c(O)cc2c(c1O)-c1cc(ccc1O)[C@@H]1NC(=O)[C@H]3NC(=O)[C@H]4NC(=O)[C@H](Cc5ccc(c(Cl)c5)Oc5cc3cc(c5O)Oc3ccc(cc3Cl)C(O)[C@H](NC1=O)C(=O)N[C@@H]2C(=O)NCCCN(C)C)NC(=O)[C@H](N)c1ccc(O)c(c1)Oc1cc(O)cc4c1. The average Bonchev–Trinajstić information content (AvgIpc) is 0.752. The molecule has 0 saturated heterocycles. The van der Waals surface area contributed by atoms with Crippen LogP contribution in [0.5, 0.6) is 69.0 Å². The van der Waals surface area contributed by atoms with Crippen molar-refractivity contribution >= 4 is 70.5 Å². The minimum atomic E-state index is -2.19. The molecule has 0 aromatic heterocycles. The molecule has 7 aromatic rings. The van der Waals surface area contributed by atoms with E-state index in [0.717, 1.165) is 62.1 Å². The summed E-state index contributed by atoms with van der Waals surface area (Å²) in [6, 6.07) is 7.56. The first-order valence-electron chi connectivity index (χ1n) is 37.1. The second-order valence-corrected chi connectivity index (χ2v) is 29.3. The number of carbonyl (C=O) groups excluding carboxylic acids is 8. The van der Waals surface area contributed by atoms with Crippen LogP contribution in [-0.4, -0.2) is 146 Å². The van der Waals surface area contributed by atoms with E-state index in [1.807, 2.05) is 19.0 Å². The maximum Gasteiger partial charge on any atom is 0.248 e. The lowest BCUT2D eigenvalue weighted by atomic mass is 9.87. The summed E-state index contributed by atoms with van der Waals surface area (Å²) in [5.74, 6) is -13.9. The lowest BCUT2D eigenvalue weighted by molar-refractivity contribution is -0.137. The van der Waals surface area contributed by atoms with Crippen LogP contribution in [0.3, 0.4) is 0 Å². The number of carbonyl (C=O) groups is 8. The van der Waals surface area contributed by atoms with Crippen LogP contribution in [0.25, 0.3) is 11.1 Å². The van der Waals surface area contributed by atoms with Crippen molar-refractivity contribution in [2.75, 3.05) is 40.3 Å². The molecule has 8 amide bonds. The standard InChI is InChI=1S/C80H92Cl2N12O18/c1-4-5-6-7-8-9-10-12-25-86-73(102)53(83)15-11-13-24-85-39-50-57(98)38-49-63(71(50)100)48-32-42(18-20-55(48)96)65-77(106)93-69(80(109)92-68(49)76(105)87-26-14-27-94(2)3)70(99)43-19-23-59(52(82)33-43)112-62-36-45-35-61(72(62)101)111-58-22-16-40(28-51(58)81)29-54-74(103)89-66(78(107)91-67(45)79(108)90-65)44-30-46(95)37-47(31-44)110-60-34-41(17-21-56(60)97)64(84)75(104)88-54/h16-23,28,30-38,53-54,64-70,85,95-101H,4-15,24-27,29,39,83-84H2,1-3H3,(H,86,102)(H,87,105)(H,88,104)(H,89,103)(H,90,108)(H,91,107)(H,92,109)(H,93,106)/t53?,54-,64+,65-,66-,67-,68-,69-,70?/m0/s1. The maximum atomic E-state index is 16.2. The summed E-state index contributed by atoms with van der Waals surface area (Å²) in [6.07, 6.45) is 8.15. The van der Waals surface area contributed by atoms with Gasteiger partial charge >= 0.3 is 0 Å². The molecule has 2 unspecified atom stereocenters. The minimum absolute atomic E-state index is 0.0168. The quantitative estimate of drug-likeness (QED) is 0.0287. The summed E-state index contributed by atoms with van der Waals surface area (Å²) in [5.41, 5.74) is 11.0. The molecule has 0 saturated carbocycles. The van der Waals surface area contributed by atoms with E-state index in [9.17, 15) is 50.1 Å². The van der Waals surface area contributed by atoms with Crippen LogP contribution in [0.4, 0.5) is 0 Å². The van der Waals surface area contributed by atoms with Gasteiger partial charge in [-0.05, 0) is 171 Å². The first-order valence-corrected chi connectivity index (χ1v) is 37.9. The number of phenols is 6. The summed E-state index contributed by atoms with van der Waals surface area (Å²) < 4.78 is 18.7. The van der Waals surface area contributed by atoms with Gasteiger partial charge in [0.1, 0.15) is 88.6 Å². The van der Waals surface area contributed by atoms with E-state index in [4.69, 9.17) is 48.9 Å². The highest BCUT2D eigenvalue weighted by Crippen LogP contribution is 2.49. The zero-order chi connectivity index (χ0) is 80.2. The second kappa shape index (κ2) is 36.8. The Morgan fingerprint density at radius 3 is 1.83 bits per heavy atom. The lowest BCUT2D eigenvalue weighted by Crippen LogP contribution is -2.56. The Kier molecular flexibility index (Phi) is 26.9. The number of hydrogen-bond acceptors (Lipinski definition) is 22. The Balaban J connectivity index is 1.02. The Labute approximate surface area is 655 Å². The number of rotatable bonds is 22. The highest BCUT2D eigenvalue weighted by Gasteiger charge is 2.42. The van der Waals surface area contributed by atoms with Gasteiger partial charge in [-0.1, -0.05) is 106 Å². The van der Waals surface area contributed by atoms with Crippen LogP contribution in [0.15, 0.2) is 109 Å². The molecule has 594 valence electrons. The number of nitrogens with zero attached hydrogens (tertiary/aromatic N) is 1. The fourth-order valence-corrected chi connectivity index (χ4v) is 14.2. The molecule has 6 aliphatic heterocycles. The van der Waals surface area contributed by atoms with Crippen molar-refractivity contribution in [2.24, 2.45) is 11.5 Å². The average molecular weight is 1580 g/mol. The van der Waals surface area contributed by atoms with Gasteiger partial charge in [-0.15, -0.1) is 0 Å². The fourth-order valence-electron chi connectivity index (χ4n) is 13.8. The number of nitrogens with two attached hydrogens (primary N) is 2. The van der Waals surface area contributed by atoms with Crippen LogP contribution >= 0.6 is 23.2 Å². The number of benzene rings is 7. The third-order valence-electron chi connectivity index (χ3n) is 19.9. The number of halogens is 2. The summed E-state index contributed by atoms with van der Waals surface area (Å²) in [5, 5.41) is 109. The Morgan fingerprint density at radius 1 is 0.545 bits per heavy atom. The first kappa shape index (κ1) is 81.9. The van der Waals surface area contributed by atoms with E-state index in [-0.39, 0.29) is 115 Å². The molecule has 13 rings (SSSR count). The second-order valence-electron chi connectivity index (χ2n) is 28.5. The van der Waals surface area contributed by atoms with Crippen molar-refractivity contribution in [2.45, 2.75) is 151 Å². The smallest absolute Gasteiger partial charge is 0.248 e. The number of amides is 8. The minimum Gasteiger partial charge on any atom is -0.508 e. The number of aromatic hydroxyl groups is 6. The van der Waals surface area contributed by atoms with E-state index in [0.29, 0.717) is 44.3 Å². The number of hydrogen-bond donors (Lipinski definition) is 18. The number of nitrogens with one attached hydrogen (secondary N) is 9. The maximum absolute atomic E-state index is 16.2. The Morgan fingerprint density at radius 2 is 1.14 bits per heavy atom. The third kappa shape index (κ3) is 19.6. The molecule has 0 fully saturated rings. The number of phenolic OH excluding ortho intramolecular Hbond substituents is 6. The van der Waals surface area contributed by atoms with E-state index >= 15 is 24.0 Å². The molecular formula is C80H92Cl2N12O18. The molecule has 17 bridgehead atoms. The predicted octanol–water partition coefficient (Wildman–Crippen LogP) is 7.81. The zero-order valence-electron chi connectivity index (χ0n) is 61.8. The van der Waals surface area contributed by atoms with Crippen LogP contribution in [0.2, 0.25) is 10.0 Å². The summed E-state index contributed by atoms with van der Waals surface area (Å²) in [6.45, 7) is 3.21. The number of fused-ring (bicyclic) bond motifs is 14. The molecule has 0 radical (unpaired) electrons. The van der Waals surface area contributed by atoms with Gasteiger partial charge in [0.15, 0.2) is 23.0 Å². The molecule has 32 heteroatoms. The summed E-state index contributed by atoms with van der Waals surface area (Å²) >= 11 is 14.0. The van der Waals surface area contributed by atoms with Crippen molar-refractivity contribution in [1.29, 1.82) is 0 Å². The molecule has 112 heavy (non-hydrogen) atoms. The lowest BCUT2D eigenvalue weighted by Gasteiger charge is -2.32. The van der Waals surface area contributed by atoms with Crippen LogP contribution in [0, 0.1) is 0 Å². The van der Waals surface area contributed by atoms with Gasteiger partial charge in [-0.2, -0.15) is 0 Å². The zero-order valence-corrected chi connectivity index (χ0v) is 63.3. The molecular weight excluding hydrogens is 1490 g/mol. The van der Waals surface area contributed by atoms with Crippen molar-refractivity contribution in [3.8, 4) is 80.1 Å². The molecule has 7 aromatic carbocycles. The predicted molar refractivity (Wildman–Crippen MR) is 413 cm³/mol. The van der Waals surface area contributed by atoms with Gasteiger partial charge in [0.2, 0.25) is 53.0 Å². The largest absolute Gasteiger partial charge is 0.508 e. The van der Waals surface area contributed by atoms with Crippen molar-refractivity contribution in [1.82, 2.24) is 52.8 Å². The van der Waals surface area contributed by atoms with Crippen LogP contribution in [0.1, 0.15) is 165 Å². The monoisotopic (exact) mass is 1580 g/mol. The van der Waals surface area contributed by atoms with E-state index in [1.165, 1.54) is 98.5 Å². The van der Waals surface area contributed by atoms with Crippen LogP contribution in [-0.2, 0) is 51.3 Å². The number of aliphatic hydroxyl groups excluding tert-OH is 1. The highest BCUT2D eigenvalue weighted by atomic mass is 35.5.